The lowest BCUT2D eigenvalue weighted by molar-refractivity contribution is 0.122. The molecule has 2 N–H and O–H groups in total. The molecule has 2 rings (SSSR count). The molecular weight excluding hydrogens is 228 g/mol. The molecule has 0 saturated carbocycles. The Hall–Kier alpha value is -0.940. The molecule has 2 atom stereocenters. The van der Waals surface area contributed by atoms with Crippen molar-refractivity contribution in [2.24, 2.45) is 17.6 Å². The summed E-state index contributed by atoms with van der Waals surface area (Å²) in [4.78, 5) is 6.80. The van der Waals surface area contributed by atoms with Crippen LogP contribution in [0.15, 0.2) is 4.52 Å². The van der Waals surface area contributed by atoms with Crippen LogP contribution in [0.2, 0.25) is 0 Å². The van der Waals surface area contributed by atoms with Gasteiger partial charge in [0.05, 0.1) is 6.54 Å². The van der Waals surface area contributed by atoms with Crippen molar-refractivity contribution in [1.29, 1.82) is 0 Å². The Kier molecular flexibility index (Phi) is 4.72. The summed E-state index contributed by atoms with van der Waals surface area (Å²) in [5.74, 6) is 2.89. The van der Waals surface area contributed by atoms with Crippen molar-refractivity contribution in [3.63, 3.8) is 0 Å². The number of aromatic nitrogens is 2. The Morgan fingerprint density at radius 2 is 2.33 bits per heavy atom. The van der Waals surface area contributed by atoms with Gasteiger partial charge in [-0.2, -0.15) is 4.98 Å². The lowest BCUT2D eigenvalue weighted by Gasteiger charge is -2.35. The third kappa shape index (κ3) is 3.29. The van der Waals surface area contributed by atoms with E-state index >= 15 is 0 Å². The van der Waals surface area contributed by atoms with E-state index < -0.39 is 0 Å². The van der Waals surface area contributed by atoms with Gasteiger partial charge in [-0.25, -0.2) is 0 Å². The minimum atomic E-state index is 0.598. The molecule has 1 aliphatic heterocycles. The Labute approximate surface area is 109 Å². The molecule has 2 heterocycles. The summed E-state index contributed by atoms with van der Waals surface area (Å²) < 4.78 is 5.21. The molecule has 1 aromatic rings. The highest BCUT2D eigenvalue weighted by Crippen LogP contribution is 2.23. The normalized spacial score (nSPS) is 25.5. The van der Waals surface area contributed by atoms with Crippen molar-refractivity contribution in [1.82, 2.24) is 15.0 Å². The fourth-order valence-corrected chi connectivity index (χ4v) is 2.55. The van der Waals surface area contributed by atoms with E-state index in [1.807, 2.05) is 0 Å². The number of hydrogen-bond acceptors (Lipinski definition) is 5. The number of aryl methyl sites for hydroxylation is 1. The standard InChI is InChI=1S/C13H24N4O/c1-3-4-13-15-12(16-18-13)9-17-6-5-10(2)11(7-14)8-17/h10-11H,3-9,14H2,1-2H3. The number of hydrogen-bond donors (Lipinski definition) is 1. The maximum Gasteiger partial charge on any atom is 0.226 e. The Bertz CT molecular complexity index is 366. The van der Waals surface area contributed by atoms with Gasteiger partial charge in [-0.15, -0.1) is 0 Å². The predicted molar refractivity (Wildman–Crippen MR) is 69.9 cm³/mol. The van der Waals surface area contributed by atoms with Crippen LogP contribution in [0.3, 0.4) is 0 Å². The molecule has 2 unspecified atom stereocenters. The molecule has 0 bridgehead atoms. The predicted octanol–water partition coefficient (Wildman–Crippen LogP) is 1.44. The molecular formula is C13H24N4O. The highest BCUT2D eigenvalue weighted by atomic mass is 16.5. The average Bonchev–Trinajstić information content (AvgIpc) is 2.80. The number of nitrogens with two attached hydrogens (primary N) is 1. The summed E-state index contributed by atoms with van der Waals surface area (Å²) in [6.45, 7) is 8.12. The highest BCUT2D eigenvalue weighted by Gasteiger charge is 2.25. The summed E-state index contributed by atoms with van der Waals surface area (Å²) in [6.07, 6.45) is 3.12. The SMILES string of the molecule is CCCc1nc(CN2CCC(C)C(CN)C2)no1. The quantitative estimate of drug-likeness (QED) is 0.858. The zero-order valence-electron chi connectivity index (χ0n) is 11.4. The van der Waals surface area contributed by atoms with Crippen molar-refractivity contribution in [2.75, 3.05) is 19.6 Å². The molecule has 0 aliphatic carbocycles. The van der Waals surface area contributed by atoms with Crippen LogP contribution >= 0.6 is 0 Å². The second kappa shape index (κ2) is 6.29. The second-order valence-corrected chi connectivity index (χ2v) is 5.35. The largest absolute Gasteiger partial charge is 0.339 e. The van der Waals surface area contributed by atoms with Gasteiger partial charge in [-0.05, 0) is 37.8 Å². The summed E-state index contributed by atoms with van der Waals surface area (Å²) >= 11 is 0. The second-order valence-electron chi connectivity index (χ2n) is 5.35. The lowest BCUT2D eigenvalue weighted by Crippen LogP contribution is -2.42. The minimum absolute atomic E-state index is 0.598. The van der Waals surface area contributed by atoms with E-state index in [4.69, 9.17) is 10.3 Å². The van der Waals surface area contributed by atoms with Crippen molar-refractivity contribution >= 4 is 0 Å². The van der Waals surface area contributed by atoms with E-state index in [2.05, 4.69) is 28.9 Å². The van der Waals surface area contributed by atoms with Crippen LogP contribution in [0.25, 0.3) is 0 Å². The van der Waals surface area contributed by atoms with Crippen molar-refractivity contribution in [3.05, 3.63) is 11.7 Å². The fourth-order valence-electron chi connectivity index (χ4n) is 2.55. The van der Waals surface area contributed by atoms with E-state index in [1.165, 1.54) is 6.42 Å². The summed E-state index contributed by atoms with van der Waals surface area (Å²) in [5.41, 5.74) is 5.82. The fraction of sp³-hybridized carbons (Fsp3) is 0.846. The minimum Gasteiger partial charge on any atom is -0.339 e. The van der Waals surface area contributed by atoms with Gasteiger partial charge in [0.1, 0.15) is 0 Å². The Balaban J connectivity index is 1.88. The Morgan fingerprint density at radius 1 is 1.50 bits per heavy atom. The van der Waals surface area contributed by atoms with Gasteiger partial charge in [-0.3, -0.25) is 4.90 Å². The van der Waals surface area contributed by atoms with Gasteiger partial charge in [0.15, 0.2) is 5.82 Å². The van der Waals surface area contributed by atoms with Gasteiger partial charge < -0.3 is 10.3 Å². The van der Waals surface area contributed by atoms with Crippen LogP contribution in [-0.2, 0) is 13.0 Å². The smallest absolute Gasteiger partial charge is 0.226 e. The average molecular weight is 252 g/mol. The molecule has 5 nitrogen and oxygen atoms in total. The zero-order valence-corrected chi connectivity index (χ0v) is 11.4. The van der Waals surface area contributed by atoms with Crippen molar-refractivity contribution in [3.8, 4) is 0 Å². The van der Waals surface area contributed by atoms with Crippen LogP contribution in [0.4, 0.5) is 0 Å². The molecule has 18 heavy (non-hydrogen) atoms. The van der Waals surface area contributed by atoms with Crippen LogP contribution in [0.1, 0.15) is 38.4 Å². The Morgan fingerprint density at radius 3 is 3.06 bits per heavy atom. The van der Waals surface area contributed by atoms with Crippen LogP contribution in [-0.4, -0.2) is 34.7 Å². The molecule has 1 aliphatic rings. The van der Waals surface area contributed by atoms with E-state index in [1.54, 1.807) is 0 Å². The zero-order chi connectivity index (χ0) is 13.0. The molecule has 1 aromatic heterocycles. The number of rotatable bonds is 5. The summed E-state index contributed by atoms with van der Waals surface area (Å²) in [6, 6.07) is 0. The number of nitrogens with zero attached hydrogens (tertiary/aromatic N) is 3. The topological polar surface area (TPSA) is 68.2 Å². The third-order valence-corrected chi connectivity index (χ3v) is 3.84. The monoisotopic (exact) mass is 252 g/mol. The summed E-state index contributed by atoms with van der Waals surface area (Å²) in [7, 11) is 0. The maximum absolute atomic E-state index is 5.82. The maximum atomic E-state index is 5.82. The van der Waals surface area contributed by atoms with E-state index in [0.717, 1.165) is 56.7 Å². The summed E-state index contributed by atoms with van der Waals surface area (Å²) in [5, 5.41) is 4.04. The van der Waals surface area contributed by atoms with Crippen molar-refractivity contribution in [2.45, 2.75) is 39.7 Å². The first-order valence-corrected chi connectivity index (χ1v) is 6.96. The van der Waals surface area contributed by atoms with Crippen molar-refractivity contribution < 1.29 is 4.52 Å². The molecule has 102 valence electrons. The van der Waals surface area contributed by atoms with E-state index in [-0.39, 0.29) is 0 Å². The molecule has 5 heteroatoms. The third-order valence-electron chi connectivity index (χ3n) is 3.84. The van der Waals surface area contributed by atoms with E-state index in [0.29, 0.717) is 5.92 Å². The first-order chi connectivity index (χ1) is 8.72. The van der Waals surface area contributed by atoms with Crippen LogP contribution in [0.5, 0.6) is 0 Å². The molecule has 0 aromatic carbocycles. The van der Waals surface area contributed by atoms with Gasteiger partial charge in [-0.1, -0.05) is 19.0 Å². The molecule has 1 saturated heterocycles. The van der Waals surface area contributed by atoms with Gasteiger partial charge in [0.2, 0.25) is 5.89 Å². The first kappa shape index (κ1) is 13.5. The first-order valence-electron chi connectivity index (χ1n) is 6.96. The van der Waals surface area contributed by atoms with Gasteiger partial charge in [0, 0.05) is 13.0 Å². The van der Waals surface area contributed by atoms with Gasteiger partial charge in [0.25, 0.3) is 0 Å². The van der Waals surface area contributed by atoms with Crippen LogP contribution < -0.4 is 5.73 Å². The van der Waals surface area contributed by atoms with E-state index in [9.17, 15) is 0 Å². The molecule has 0 spiro atoms. The number of likely N-dealkylation sites (tertiary alicyclic amines) is 1. The van der Waals surface area contributed by atoms with Crippen LogP contribution in [0, 0.1) is 11.8 Å². The van der Waals surface area contributed by atoms with Gasteiger partial charge >= 0.3 is 0 Å². The molecule has 0 radical (unpaired) electrons. The molecule has 1 fully saturated rings. The highest BCUT2D eigenvalue weighted by molar-refractivity contribution is 4.88. The lowest BCUT2D eigenvalue weighted by atomic mass is 9.87. The molecule has 0 amide bonds. The number of piperidine rings is 1.